The molecule has 0 saturated heterocycles. The number of fused-ring (bicyclic) bond motifs is 1. The van der Waals surface area contributed by atoms with Crippen molar-refractivity contribution in [3.8, 4) is 5.75 Å². The van der Waals surface area contributed by atoms with Crippen LogP contribution in [0.5, 0.6) is 5.75 Å². The predicted octanol–water partition coefficient (Wildman–Crippen LogP) is 2.41. The van der Waals surface area contributed by atoms with Gasteiger partial charge in [0.2, 0.25) is 0 Å². The van der Waals surface area contributed by atoms with E-state index in [4.69, 9.17) is 10.5 Å². The second kappa shape index (κ2) is 3.53. The molecule has 76 valence electrons. The van der Waals surface area contributed by atoms with Gasteiger partial charge in [-0.25, -0.2) is 8.78 Å². The number of benzene rings is 1. The normalized spacial score (nSPS) is 20.4. The molecule has 0 aromatic heterocycles. The van der Waals surface area contributed by atoms with Crippen LogP contribution in [0.4, 0.5) is 8.78 Å². The summed E-state index contributed by atoms with van der Waals surface area (Å²) in [4.78, 5) is 0. The Labute approximate surface area is 80.7 Å². The highest BCUT2D eigenvalue weighted by Crippen LogP contribution is 2.37. The third kappa shape index (κ3) is 1.46. The third-order valence-electron chi connectivity index (χ3n) is 2.39. The van der Waals surface area contributed by atoms with Gasteiger partial charge < -0.3 is 10.5 Å². The third-order valence-corrected chi connectivity index (χ3v) is 2.39. The molecule has 1 unspecified atom stereocenters. The number of hydrogen-bond donors (Lipinski definition) is 1. The minimum atomic E-state index is -2.50. The van der Waals surface area contributed by atoms with E-state index in [0.717, 1.165) is 0 Å². The Morgan fingerprint density at radius 1 is 1.43 bits per heavy atom. The van der Waals surface area contributed by atoms with Gasteiger partial charge in [0, 0.05) is 18.0 Å². The quantitative estimate of drug-likeness (QED) is 0.753. The van der Waals surface area contributed by atoms with Crippen molar-refractivity contribution in [2.75, 3.05) is 6.61 Å². The van der Waals surface area contributed by atoms with Gasteiger partial charge in [-0.05, 0) is 6.07 Å². The molecule has 2 rings (SSSR count). The Morgan fingerprint density at radius 2 is 2.21 bits per heavy atom. The van der Waals surface area contributed by atoms with Gasteiger partial charge in [-0.3, -0.25) is 0 Å². The molecule has 1 atom stereocenters. The summed E-state index contributed by atoms with van der Waals surface area (Å²) in [7, 11) is 0. The van der Waals surface area contributed by atoms with Gasteiger partial charge in [-0.15, -0.1) is 0 Å². The highest BCUT2D eigenvalue weighted by atomic mass is 19.3. The van der Waals surface area contributed by atoms with E-state index in [1.165, 1.54) is 6.07 Å². The minimum Gasteiger partial charge on any atom is -0.493 e. The van der Waals surface area contributed by atoms with Crippen LogP contribution in [0.25, 0.3) is 0 Å². The predicted molar refractivity (Wildman–Crippen MR) is 48.4 cm³/mol. The van der Waals surface area contributed by atoms with Crippen LogP contribution in [-0.2, 0) is 0 Å². The van der Waals surface area contributed by atoms with Crippen molar-refractivity contribution in [2.24, 2.45) is 5.73 Å². The standard InChI is InChI=1S/C10H11F2NO/c11-10(12)7-3-1-2-6-8(13)4-5-14-9(6)7/h1-3,8,10H,4-5,13H2. The molecule has 1 aromatic carbocycles. The summed E-state index contributed by atoms with van der Waals surface area (Å²) < 4.78 is 30.3. The van der Waals surface area contributed by atoms with Crippen molar-refractivity contribution in [3.63, 3.8) is 0 Å². The summed E-state index contributed by atoms with van der Waals surface area (Å²) in [5.41, 5.74) is 6.42. The van der Waals surface area contributed by atoms with Crippen LogP contribution in [-0.4, -0.2) is 6.61 Å². The topological polar surface area (TPSA) is 35.2 Å². The van der Waals surface area contributed by atoms with Crippen molar-refractivity contribution in [1.82, 2.24) is 0 Å². The molecule has 1 aliphatic heterocycles. The fraction of sp³-hybridized carbons (Fsp3) is 0.400. The van der Waals surface area contributed by atoms with Gasteiger partial charge in [0.1, 0.15) is 5.75 Å². The molecule has 2 nitrogen and oxygen atoms in total. The second-order valence-corrected chi connectivity index (χ2v) is 3.31. The average molecular weight is 199 g/mol. The second-order valence-electron chi connectivity index (χ2n) is 3.31. The van der Waals surface area contributed by atoms with Crippen LogP contribution >= 0.6 is 0 Å². The molecule has 0 amide bonds. The Hall–Kier alpha value is -1.16. The molecule has 1 heterocycles. The Bertz CT molecular complexity index is 327. The van der Waals surface area contributed by atoms with Crippen molar-refractivity contribution < 1.29 is 13.5 Å². The van der Waals surface area contributed by atoms with Crippen molar-refractivity contribution in [1.29, 1.82) is 0 Å². The van der Waals surface area contributed by atoms with Gasteiger partial charge in [0.05, 0.1) is 12.2 Å². The maximum Gasteiger partial charge on any atom is 0.267 e. The van der Waals surface area contributed by atoms with E-state index in [9.17, 15) is 8.78 Å². The van der Waals surface area contributed by atoms with Crippen LogP contribution in [0.2, 0.25) is 0 Å². The molecular weight excluding hydrogens is 188 g/mol. The number of alkyl halides is 2. The number of nitrogens with two attached hydrogens (primary N) is 1. The Kier molecular flexibility index (Phi) is 2.37. The van der Waals surface area contributed by atoms with Gasteiger partial charge >= 0.3 is 0 Å². The fourth-order valence-electron chi connectivity index (χ4n) is 1.65. The van der Waals surface area contributed by atoms with Crippen LogP contribution in [0.15, 0.2) is 18.2 Å². The molecule has 2 N–H and O–H groups in total. The van der Waals surface area contributed by atoms with Crippen LogP contribution < -0.4 is 10.5 Å². The van der Waals surface area contributed by atoms with E-state index in [0.29, 0.717) is 18.6 Å². The average Bonchev–Trinajstić information content (AvgIpc) is 2.17. The first-order valence-corrected chi connectivity index (χ1v) is 4.49. The van der Waals surface area contributed by atoms with E-state index < -0.39 is 6.43 Å². The van der Waals surface area contributed by atoms with E-state index in [1.54, 1.807) is 12.1 Å². The summed E-state index contributed by atoms with van der Waals surface area (Å²) in [6.45, 7) is 0.415. The highest BCUT2D eigenvalue weighted by molar-refractivity contribution is 5.45. The number of hydrogen-bond acceptors (Lipinski definition) is 2. The zero-order valence-electron chi connectivity index (χ0n) is 7.54. The number of para-hydroxylation sites is 1. The lowest BCUT2D eigenvalue weighted by Crippen LogP contribution is -2.21. The van der Waals surface area contributed by atoms with E-state index in [2.05, 4.69) is 0 Å². The first-order valence-electron chi connectivity index (χ1n) is 4.49. The zero-order chi connectivity index (χ0) is 10.1. The molecule has 0 spiro atoms. The van der Waals surface area contributed by atoms with E-state index in [-0.39, 0.29) is 17.4 Å². The first-order chi connectivity index (χ1) is 6.70. The molecule has 1 aliphatic rings. The van der Waals surface area contributed by atoms with Crippen molar-refractivity contribution in [2.45, 2.75) is 18.9 Å². The van der Waals surface area contributed by atoms with Gasteiger partial charge in [0.15, 0.2) is 0 Å². The van der Waals surface area contributed by atoms with Crippen molar-refractivity contribution >= 4 is 0 Å². The number of rotatable bonds is 1. The summed E-state index contributed by atoms with van der Waals surface area (Å²) in [6, 6.07) is 4.53. The zero-order valence-corrected chi connectivity index (χ0v) is 7.54. The lowest BCUT2D eigenvalue weighted by molar-refractivity contribution is 0.142. The Balaban J connectivity index is 2.49. The maximum atomic E-state index is 12.6. The summed E-state index contributed by atoms with van der Waals surface area (Å²) in [6.07, 6.45) is -1.82. The molecule has 14 heavy (non-hydrogen) atoms. The van der Waals surface area contributed by atoms with Crippen LogP contribution in [0.1, 0.15) is 30.0 Å². The summed E-state index contributed by atoms with van der Waals surface area (Å²) >= 11 is 0. The maximum absolute atomic E-state index is 12.6. The molecule has 0 radical (unpaired) electrons. The van der Waals surface area contributed by atoms with E-state index in [1.807, 2.05) is 0 Å². The first kappa shape index (κ1) is 9.40. The number of halogens is 2. The molecule has 0 saturated carbocycles. The Morgan fingerprint density at radius 3 is 2.93 bits per heavy atom. The van der Waals surface area contributed by atoms with Gasteiger partial charge in [-0.2, -0.15) is 0 Å². The van der Waals surface area contributed by atoms with Crippen LogP contribution in [0, 0.1) is 0 Å². The monoisotopic (exact) mass is 199 g/mol. The number of ether oxygens (including phenoxy) is 1. The highest BCUT2D eigenvalue weighted by Gasteiger charge is 2.23. The van der Waals surface area contributed by atoms with Crippen LogP contribution in [0.3, 0.4) is 0 Å². The molecule has 1 aromatic rings. The minimum absolute atomic E-state index is 0.0577. The molecular formula is C10H11F2NO. The largest absolute Gasteiger partial charge is 0.493 e. The molecule has 4 heteroatoms. The van der Waals surface area contributed by atoms with Gasteiger partial charge in [0.25, 0.3) is 6.43 Å². The summed E-state index contributed by atoms with van der Waals surface area (Å²) in [5.74, 6) is 0.279. The molecule has 0 fully saturated rings. The van der Waals surface area contributed by atoms with Crippen molar-refractivity contribution in [3.05, 3.63) is 29.3 Å². The lowest BCUT2D eigenvalue weighted by atomic mass is 9.98. The molecule has 0 bridgehead atoms. The van der Waals surface area contributed by atoms with Gasteiger partial charge in [-0.1, -0.05) is 12.1 Å². The van der Waals surface area contributed by atoms with E-state index >= 15 is 0 Å². The SMILES string of the molecule is NC1CCOc2c(C(F)F)cccc21. The molecule has 0 aliphatic carbocycles. The lowest BCUT2D eigenvalue weighted by Gasteiger charge is -2.24. The fourth-order valence-corrected chi connectivity index (χ4v) is 1.65. The summed E-state index contributed by atoms with van der Waals surface area (Å²) in [5, 5.41) is 0. The smallest absolute Gasteiger partial charge is 0.267 e.